The summed E-state index contributed by atoms with van der Waals surface area (Å²) in [5, 5.41) is 0. The Morgan fingerprint density at radius 2 is 1.91 bits per heavy atom. The molecule has 0 radical (unpaired) electrons. The fraction of sp³-hybridized carbons (Fsp3) is 0.737. The van der Waals surface area contributed by atoms with Gasteiger partial charge in [0.2, 0.25) is 0 Å². The standard InChI is InChI=1S/C19H24O3/c1-18-8-7-12(20)9-11(18)3-4-13-14-5-6-16(22)19(14,2)10-15(21)17(13)18/h9,13-14,17H,3-8,10H2,1-2H3/i3D2,6D2,7D2,9D. The van der Waals surface area contributed by atoms with Gasteiger partial charge < -0.3 is 0 Å². The van der Waals surface area contributed by atoms with Gasteiger partial charge in [0.1, 0.15) is 11.6 Å². The number of fused-ring (bicyclic) bond motifs is 5. The molecule has 5 unspecified atom stereocenters. The van der Waals surface area contributed by atoms with Gasteiger partial charge in [0.15, 0.2) is 5.78 Å². The first-order valence-electron chi connectivity index (χ1n) is 11.3. The highest BCUT2D eigenvalue weighted by Gasteiger charge is 2.62. The van der Waals surface area contributed by atoms with E-state index in [1.807, 2.05) is 0 Å². The molecule has 0 aromatic heterocycles. The van der Waals surface area contributed by atoms with E-state index < -0.39 is 71.7 Å². The number of hydrogen-bond donors (Lipinski definition) is 0. The van der Waals surface area contributed by atoms with Crippen LogP contribution in [0.1, 0.15) is 68.2 Å². The van der Waals surface area contributed by atoms with Crippen LogP contribution in [0.5, 0.6) is 0 Å². The molecule has 0 spiro atoms. The van der Waals surface area contributed by atoms with E-state index in [2.05, 4.69) is 0 Å². The van der Waals surface area contributed by atoms with Gasteiger partial charge in [0.05, 0.1) is 1.37 Å². The topological polar surface area (TPSA) is 51.2 Å². The lowest BCUT2D eigenvalue weighted by Gasteiger charge is -2.55. The summed E-state index contributed by atoms with van der Waals surface area (Å²) in [7, 11) is 0. The molecule has 5 atom stereocenters. The van der Waals surface area contributed by atoms with Crippen LogP contribution >= 0.6 is 0 Å². The molecule has 3 nitrogen and oxygen atoms in total. The molecule has 118 valence electrons. The van der Waals surface area contributed by atoms with Crippen LogP contribution in [0.2, 0.25) is 0 Å². The molecule has 22 heavy (non-hydrogen) atoms. The average molecular weight is 307 g/mol. The van der Waals surface area contributed by atoms with E-state index in [-0.39, 0.29) is 30.6 Å². The van der Waals surface area contributed by atoms with E-state index in [0.29, 0.717) is 0 Å². The molecule has 3 saturated carbocycles. The van der Waals surface area contributed by atoms with Gasteiger partial charge in [-0.05, 0) is 48.9 Å². The molecule has 0 aromatic rings. The van der Waals surface area contributed by atoms with Crippen LogP contribution < -0.4 is 0 Å². The summed E-state index contributed by atoms with van der Waals surface area (Å²) in [6.07, 6.45) is -7.43. The summed E-state index contributed by atoms with van der Waals surface area (Å²) in [5.74, 6) is -4.04. The van der Waals surface area contributed by atoms with Crippen LogP contribution in [0.25, 0.3) is 0 Å². The van der Waals surface area contributed by atoms with Crippen molar-refractivity contribution in [1.82, 2.24) is 0 Å². The van der Waals surface area contributed by atoms with Crippen LogP contribution in [-0.4, -0.2) is 17.3 Å². The van der Waals surface area contributed by atoms with E-state index in [1.54, 1.807) is 13.8 Å². The largest absolute Gasteiger partial charge is 0.299 e. The molecule has 0 amide bonds. The van der Waals surface area contributed by atoms with Crippen molar-refractivity contribution in [2.45, 2.75) is 58.6 Å². The fourth-order valence-corrected chi connectivity index (χ4v) is 5.05. The van der Waals surface area contributed by atoms with Crippen molar-refractivity contribution in [3.63, 3.8) is 0 Å². The maximum Gasteiger partial charge on any atom is 0.155 e. The molecule has 0 heterocycles. The average Bonchev–Trinajstić information content (AvgIpc) is 2.71. The zero-order valence-electron chi connectivity index (χ0n) is 19.8. The molecule has 0 N–H and O–H groups in total. The Hall–Kier alpha value is -1.25. The fourth-order valence-electron chi connectivity index (χ4n) is 5.05. The van der Waals surface area contributed by atoms with Crippen molar-refractivity contribution in [2.75, 3.05) is 0 Å². The first-order valence-corrected chi connectivity index (χ1v) is 7.83. The molecule has 4 rings (SSSR count). The molecule has 4 aliphatic rings. The predicted octanol–water partition coefficient (Wildman–Crippen LogP) is 3.27. The minimum absolute atomic E-state index is 0.0957. The lowest BCUT2D eigenvalue weighted by atomic mass is 9.47. The van der Waals surface area contributed by atoms with Gasteiger partial charge >= 0.3 is 0 Å². The van der Waals surface area contributed by atoms with Crippen LogP contribution in [0.15, 0.2) is 11.6 Å². The third kappa shape index (κ3) is 1.65. The molecule has 0 aromatic carbocycles. The zero-order chi connectivity index (χ0) is 21.9. The Labute approximate surface area is 141 Å². The lowest BCUT2D eigenvalue weighted by Crippen LogP contribution is -2.55. The Morgan fingerprint density at radius 3 is 2.68 bits per heavy atom. The van der Waals surface area contributed by atoms with Gasteiger partial charge in [-0.2, -0.15) is 0 Å². The summed E-state index contributed by atoms with van der Waals surface area (Å²) >= 11 is 0. The molecular weight excluding hydrogens is 276 g/mol. The maximum atomic E-state index is 13.3. The summed E-state index contributed by atoms with van der Waals surface area (Å²) in [4.78, 5) is 38.4. The number of carbonyl (C=O) groups is 3. The maximum absolute atomic E-state index is 13.3. The highest BCUT2D eigenvalue weighted by atomic mass is 16.1. The van der Waals surface area contributed by atoms with Crippen molar-refractivity contribution < 1.29 is 24.0 Å². The lowest BCUT2D eigenvalue weighted by molar-refractivity contribution is -0.149. The van der Waals surface area contributed by atoms with Crippen molar-refractivity contribution in [1.29, 1.82) is 0 Å². The molecular formula is C19H24O3. The molecule has 3 fully saturated rings. The van der Waals surface area contributed by atoms with Gasteiger partial charge in [-0.25, -0.2) is 0 Å². The van der Waals surface area contributed by atoms with E-state index in [9.17, 15) is 14.4 Å². The Morgan fingerprint density at radius 1 is 1.14 bits per heavy atom. The quantitative estimate of drug-likeness (QED) is 0.690. The molecule has 0 aliphatic heterocycles. The monoisotopic (exact) mass is 307 g/mol. The van der Waals surface area contributed by atoms with Crippen molar-refractivity contribution >= 4 is 17.3 Å². The second kappa shape index (κ2) is 4.39. The first-order chi connectivity index (χ1) is 13.0. The third-order valence-corrected chi connectivity index (χ3v) is 6.28. The van der Waals surface area contributed by atoms with Gasteiger partial charge in [0, 0.05) is 38.7 Å². The second-order valence-corrected chi connectivity index (χ2v) is 7.50. The van der Waals surface area contributed by atoms with Crippen LogP contribution in [0.4, 0.5) is 0 Å². The van der Waals surface area contributed by atoms with E-state index in [0.717, 1.165) is 0 Å². The summed E-state index contributed by atoms with van der Waals surface area (Å²) < 4.78 is 57.8. The molecule has 0 saturated heterocycles. The van der Waals surface area contributed by atoms with Gasteiger partial charge in [-0.3, -0.25) is 14.4 Å². The van der Waals surface area contributed by atoms with E-state index >= 15 is 0 Å². The van der Waals surface area contributed by atoms with Gasteiger partial charge in [0.25, 0.3) is 0 Å². The first kappa shape index (κ1) is 8.56. The second-order valence-electron chi connectivity index (χ2n) is 7.50. The summed E-state index contributed by atoms with van der Waals surface area (Å²) in [5.41, 5.74) is -2.68. The smallest absolute Gasteiger partial charge is 0.155 e. The van der Waals surface area contributed by atoms with Crippen molar-refractivity contribution in [3.8, 4) is 0 Å². The number of hydrogen-bond acceptors (Lipinski definition) is 3. The molecule has 4 aliphatic carbocycles. The highest BCUT2D eigenvalue weighted by molar-refractivity contribution is 5.96. The number of Topliss-reactive ketones (excluding diaryl/α,β-unsaturated/α-hetero) is 2. The SMILES string of the molecule is [2H]C1=C2C([2H])([2H])CC3C4CC([2H])([2H])C(=O)C4(C)CC(=O)C3C2(C)CC([2H])([2H])C1=O. The number of allylic oxidation sites excluding steroid dienone is 1. The Balaban J connectivity index is 1.92. The van der Waals surface area contributed by atoms with E-state index in [4.69, 9.17) is 9.60 Å². The van der Waals surface area contributed by atoms with Crippen LogP contribution in [0, 0.1) is 28.6 Å². The zero-order valence-corrected chi connectivity index (χ0v) is 12.8. The minimum Gasteiger partial charge on any atom is -0.299 e. The van der Waals surface area contributed by atoms with Gasteiger partial charge in [-0.1, -0.05) is 19.4 Å². The summed E-state index contributed by atoms with van der Waals surface area (Å²) in [6, 6.07) is -0.689. The predicted molar refractivity (Wildman–Crippen MR) is 82.1 cm³/mol. The third-order valence-electron chi connectivity index (χ3n) is 6.28. The van der Waals surface area contributed by atoms with E-state index in [1.165, 1.54) is 0 Å². The highest BCUT2D eigenvalue weighted by Crippen LogP contribution is 2.63. The Kier molecular flexibility index (Phi) is 1.71. The van der Waals surface area contributed by atoms with Crippen molar-refractivity contribution in [3.05, 3.63) is 11.6 Å². The number of carbonyl (C=O) groups excluding carboxylic acids is 3. The summed E-state index contributed by atoms with van der Waals surface area (Å²) in [6.45, 7) is 3.14. The number of ketones is 3. The Bertz CT molecular complexity index is 892. The van der Waals surface area contributed by atoms with Crippen LogP contribution in [0.3, 0.4) is 0 Å². The minimum atomic E-state index is -2.38. The van der Waals surface area contributed by atoms with Crippen molar-refractivity contribution in [2.24, 2.45) is 28.6 Å². The number of rotatable bonds is 0. The molecule has 3 heteroatoms. The normalized spacial score (nSPS) is 59.6. The van der Waals surface area contributed by atoms with Gasteiger partial charge in [-0.15, -0.1) is 0 Å². The molecule has 0 bridgehead atoms. The van der Waals surface area contributed by atoms with Crippen LogP contribution in [-0.2, 0) is 14.4 Å².